The van der Waals surface area contributed by atoms with Gasteiger partial charge in [0.1, 0.15) is 0 Å². The Morgan fingerprint density at radius 3 is 2.00 bits per heavy atom. The van der Waals surface area contributed by atoms with Crippen molar-refractivity contribution in [3.8, 4) is 0 Å². The van der Waals surface area contributed by atoms with Gasteiger partial charge in [0.25, 0.3) is 0 Å². The van der Waals surface area contributed by atoms with Crippen LogP contribution >= 0.6 is 12.6 Å². The normalized spacial score (nSPS) is 15.7. The summed E-state index contributed by atoms with van der Waals surface area (Å²) in [6.07, 6.45) is -4.64. The summed E-state index contributed by atoms with van der Waals surface area (Å²) < 4.78 is 34.1. The minimum absolute atomic E-state index is 0.104. The van der Waals surface area contributed by atoms with Gasteiger partial charge in [0.05, 0.1) is 0 Å². The summed E-state index contributed by atoms with van der Waals surface area (Å²) in [7, 11) is 0. The lowest BCUT2D eigenvalue weighted by molar-refractivity contribution is -0.135. The summed E-state index contributed by atoms with van der Waals surface area (Å²) in [4.78, 5) is 0. The zero-order chi connectivity index (χ0) is 7.49. The van der Waals surface area contributed by atoms with E-state index in [4.69, 9.17) is 0 Å². The van der Waals surface area contributed by atoms with Crippen LogP contribution in [0.2, 0.25) is 0 Å². The number of thiol groups is 1. The van der Waals surface area contributed by atoms with Crippen molar-refractivity contribution in [2.45, 2.75) is 31.2 Å². The zero-order valence-corrected chi connectivity index (χ0v) is 5.97. The van der Waals surface area contributed by atoms with Crippen molar-refractivity contribution in [3.63, 3.8) is 0 Å². The molecule has 0 N–H and O–H groups in total. The minimum atomic E-state index is -4.02. The maximum atomic E-state index is 11.4. The highest BCUT2D eigenvalue weighted by atomic mass is 32.1. The predicted molar refractivity (Wildman–Crippen MR) is 33.7 cm³/mol. The van der Waals surface area contributed by atoms with Gasteiger partial charge in [-0.05, 0) is 11.7 Å². The molecule has 0 bridgehead atoms. The third kappa shape index (κ3) is 8.14. The van der Waals surface area contributed by atoms with Crippen molar-refractivity contribution in [3.05, 3.63) is 0 Å². The monoisotopic (exact) mass is 158 g/mol. The summed E-state index contributed by atoms with van der Waals surface area (Å²) in [6, 6.07) is 0. The molecule has 0 spiro atoms. The number of hydrogen-bond acceptors (Lipinski definition) is 1. The summed E-state index contributed by atoms with van der Waals surface area (Å²) in [5.41, 5.74) is 0. The van der Waals surface area contributed by atoms with Gasteiger partial charge < -0.3 is 0 Å². The fourth-order valence-corrected chi connectivity index (χ4v) is 0.502. The highest BCUT2D eigenvalue weighted by molar-refractivity contribution is 7.80. The molecule has 0 aromatic heterocycles. The molecule has 0 saturated heterocycles. The molecule has 56 valence electrons. The van der Waals surface area contributed by atoms with Crippen LogP contribution in [0.4, 0.5) is 13.2 Å². The lowest BCUT2D eigenvalue weighted by Crippen LogP contribution is -2.09. The molecule has 9 heavy (non-hydrogen) atoms. The second-order valence-corrected chi connectivity index (χ2v) is 2.88. The van der Waals surface area contributed by atoms with Crippen LogP contribution in [-0.2, 0) is 0 Å². The van der Waals surface area contributed by atoms with E-state index in [1.54, 1.807) is 6.92 Å². The fourth-order valence-electron chi connectivity index (χ4n) is 0.373. The van der Waals surface area contributed by atoms with Crippen LogP contribution in [0, 0.1) is 0 Å². The van der Waals surface area contributed by atoms with E-state index < -0.39 is 12.6 Å². The SMILES string of the molecule is CC(S)CCC(F)(F)F. The van der Waals surface area contributed by atoms with Gasteiger partial charge in [-0.2, -0.15) is 25.8 Å². The average molecular weight is 158 g/mol. The molecule has 1 unspecified atom stereocenters. The molecule has 0 amide bonds. The Morgan fingerprint density at radius 2 is 1.89 bits per heavy atom. The number of halogens is 3. The topological polar surface area (TPSA) is 0 Å². The molecule has 0 radical (unpaired) electrons. The van der Waals surface area contributed by atoms with Gasteiger partial charge in [-0.25, -0.2) is 0 Å². The van der Waals surface area contributed by atoms with E-state index in [9.17, 15) is 13.2 Å². The Bertz CT molecular complexity index is 76.8. The second-order valence-electron chi connectivity index (χ2n) is 2.00. The van der Waals surface area contributed by atoms with Crippen LogP contribution in [0.3, 0.4) is 0 Å². The Balaban J connectivity index is 3.28. The molecule has 0 aromatic carbocycles. The molecular weight excluding hydrogens is 149 g/mol. The summed E-state index contributed by atoms with van der Waals surface area (Å²) in [5.74, 6) is 0. The molecule has 0 aliphatic carbocycles. The molecule has 0 saturated carbocycles. The first-order chi connectivity index (χ1) is 3.92. The van der Waals surface area contributed by atoms with Crippen LogP contribution in [0.1, 0.15) is 19.8 Å². The zero-order valence-electron chi connectivity index (χ0n) is 5.07. The molecule has 0 rings (SSSR count). The molecule has 4 heteroatoms. The summed E-state index contributed by atoms with van der Waals surface area (Å²) in [5, 5.41) is -0.161. The van der Waals surface area contributed by atoms with E-state index in [0.29, 0.717) is 0 Å². The van der Waals surface area contributed by atoms with Crippen LogP contribution in [0.15, 0.2) is 0 Å². The van der Waals surface area contributed by atoms with Crippen molar-refractivity contribution in [2.24, 2.45) is 0 Å². The molecular formula is C5H9F3S. The smallest absolute Gasteiger partial charge is 0.176 e. The van der Waals surface area contributed by atoms with Gasteiger partial charge in [-0.15, -0.1) is 0 Å². The molecule has 0 aliphatic rings. The summed E-state index contributed by atoms with van der Waals surface area (Å²) in [6.45, 7) is 1.65. The molecule has 0 aromatic rings. The van der Waals surface area contributed by atoms with Crippen LogP contribution in [-0.4, -0.2) is 11.4 Å². The molecule has 1 atom stereocenters. The maximum absolute atomic E-state index is 11.4. The maximum Gasteiger partial charge on any atom is 0.389 e. The second kappa shape index (κ2) is 3.34. The van der Waals surface area contributed by atoms with Gasteiger partial charge in [0, 0.05) is 6.42 Å². The van der Waals surface area contributed by atoms with E-state index >= 15 is 0 Å². The van der Waals surface area contributed by atoms with E-state index in [1.165, 1.54) is 0 Å². The first-order valence-electron chi connectivity index (χ1n) is 2.66. The van der Waals surface area contributed by atoms with Crippen LogP contribution in [0.5, 0.6) is 0 Å². The van der Waals surface area contributed by atoms with Gasteiger partial charge in [0.15, 0.2) is 0 Å². The van der Waals surface area contributed by atoms with Crippen molar-refractivity contribution in [1.29, 1.82) is 0 Å². The van der Waals surface area contributed by atoms with Crippen LogP contribution < -0.4 is 0 Å². The quantitative estimate of drug-likeness (QED) is 0.587. The van der Waals surface area contributed by atoms with Crippen molar-refractivity contribution >= 4 is 12.6 Å². The van der Waals surface area contributed by atoms with Gasteiger partial charge in [-0.3, -0.25) is 0 Å². The highest BCUT2D eigenvalue weighted by Crippen LogP contribution is 2.23. The first-order valence-corrected chi connectivity index (χ1v) is 3.18. The van der Waals surface area contributed by atoms with E-state index in [-0.39, 0.29) is 11.7 Å². The molecule has 0 heterocycles. The Kier molecular flexibility index (Phi) is 3.40. The molecule has 0 aliphatic heterocycles. The fraction of sp³-hybridized carbons (Fsp3) is 1.00. The Hall–Kier alpha value is 0.140. The largest absolute Gasteiger partial charge is 0.389 e. The minimum Gasteiger partial charge on any atom is -0.176 e. The van der Waals surface area contributed by atoms with Gasteiger partial charge in [-0.1, -0.05) is 6.92 Å². The van der Waals surface area contributed by atoms with Crippen molar-refractivity contribution < 1.29 is 13.2 Å². The lowest BCUT2D eigenvalue weighted by Gasteiger charge is -2.06. The van der Waals surface area contributed by atoms with Gasteiger partial charge in [0.2, 0.25) is 0 Å². The highest BCUT2D eigenvalue weighted by Gasteiger charge is 2.26. The third-order valence-corrected chi connectivity index (χ3v) is 1.10. The molecule has 0 nitrogen and oxygen atoms in total. The summed E-state index contributed by atoms with van der Waals surface area (Å²) >= 11 is 3.81. The van der Waals surface area contributed by atoms with Gasteiger partial charge >= 0.3 is 6.18 Å². The Morgan fingerprint density at radius 1 is 1.44 bits per heavy atom. The van der Waals surface area contributed by atoms with E-state index in [1.807, 2.05) is 0 Å². The predicted octanol–water partition coefficient (Wildman–Crippen LogP) is 2.65. The third-order valence-electron chi connectivity index (χ3n) is 0.846. The van der Waals surface area contributed by atoms with E-state index in [2.05, 4.69) is 12.6 Å². The first kappa shape index (κ1) is 9.14. The lowest BCUT2D eigenvalue weighted by atomic mass is 10.2. The van der Waals surface area contributed by atoms with E-state index in [0.717, 1.165) is 0 Å². The molecule has 0 fully saturated rings. The number of hydrogen-bond donors (Lipinski definition) is 1. The average Bonchev–Trinajstić information content (AvgIpc) is 1.59. The Labute approximate surface area is 57.9 Å². The number of rotatable bonds is 2. The number of alkyl halides is 3. The van der Waals surface area contributed by atoms with Crippen molar-refractivity contribution in [2.75, 3.05) is 0 Å². The standard InChI is InChI=1S/C5H9F3S/c1-4(9)2-3-5(6,7)8/h4,9H,2-3H2,1H3. The van der Waals surface area contributed by atoms with Crippen molar-refractivity contribution in [1.82, 2.24) is 0 Å². The van der Waals surface area contributed by atoms with Crippen LogP contribution in [0.25, 0.3) is 0 Å².